The second kappa shape index (κ2) is 18.5. The molecule has 1 fully saturated rings. The number of carbonyl (C=O) groups is 6. The van der Waals surface area contributed by atoms with Gasteiger partial charge in [0.2, 0.25) is 35.4 Å². The molecule has 1 aliphatic heterocycles. The van der Waals surface area contributed by atoms with Crippen LogP contribution in [0, 0.1) is 0 Å². The summed E-state index contributed by atoms with van der Waals surface area (Å²) in [6.45, 7) is 2.56. The summed E-state index contributed by atoms with van der Waals surface area (Å²) >= 11 is 0. The number of phenolic OH excluding ortho intramolecular Hbond substituents is 1. The molecule has 0 bridgehead atoms. The molecular weight excluding hydrogens is 634 g/mol. The molecule has 3 rings (SSSR count). The Morgan fingerprint density at radius 3 is 2.02 bits per heavy atom. The highest BCUT2D eigenvalue weighted by Gasteiger charge is 2.36. The lowest BCUT2D eigenvalue weighted by Crippen LogP contribution is -2.62. The average Bonchev–Trinajstić information content (AvgIpc) is 3.08. The number of carbonyl (C=O) groups excluding carboxylic acids is 6. The van der Waals surface area contributed by atoms with E-state index in [1.54, 1.807) is 42.5 Å². The number of rotatable bonds is 9. The first-order valence-corrected chi connectivity index (χ1v) is 16.3. The van der Waals surface area contributed by atoms with Crippen molar-refractivity contribution in [2.45, 2.75) is 82.3 Å². The Morgan fingerprint density at radius 1 is 0.776 bits per heavy atom. The van der Waals surface area contributed by atoms with E-state index in [2.05, 4.69) is 26.6 Å². The van der Waals surface area contributed by atoms with Gasteiger partial charge in [-0.25, -0.2) is 0 Å². The highest BCUT2D eigenvalue weighted by atomic mass is 16.3. The van der Waals surface area contributed by atoms with Crippen molar-refractivity contribution in [3.63, 3.8) is 0 Å². The number of benzene rings is 2. The summed E-state index contributed by atoms with van der Waals surface area (Å²) in [5, 5.41) is 33.1. The Morgan fingerprint density at radius 2 is 1.39 bits per heavy atom. The number of aromatic hydroxyl groups is 1. The summed E-state index contributed by atoms with van der Waals surface area (Å²) in [4.78, 5) is 82.0. The minimum absolute atomic E-state index is 0.00865. The number of likely N-dealkylation sites (N-methyl/N-ethyl adjacent to an activating group) is 1. The van der Waals surface area contributed by atoms with Gasteiger partial charge >= 0.3 is 0 Å². The molecule has 15 heteroatoms. The van der Waals surface area contributed by atoms with Crippen molar-refractivity contribution in [3.05, 3.63) is 65.7 Å². The molecule has 6 atom stereocenters. The number of phenols is 1. The minimum atomic E-state index is -1.50. The predicted molar refractivity (Wildman–Crippen MR) is 180 cm³/mol. The molecule has 1 aliphatic rings. The summed E-state index contributed by atoms with van der Waals surface area (Å²) < 4.78 is 0. The highest BCUT2D eigenvalue weighted by Crippen LogP contribution is 2.13. The standard InChI is InChI=1S/C34H47N7O8/c1-20-30(45)38-26(17-23-12-14-24(43)15-13-23)31(46)36-19-28(44)37-25(11-7-8-16-35)32(47)40-29(21(2)42)33(48)39-27(34(49)41(20)3)18-22-9-5-4-6-10-22/h4-6,9-10,12-15,20-21,25-27,29,42-43H,7-8,11,16-19,35H2,1-3H3,(H,36,46)(H,37,44)(H,38,45)(H,39,48)(H,40,47). The molecule has 266 valence electrons. The molecular formula is C34H47N7O8. The van der Waals surface area contributed by atoms with E-state index in [1.165, 1.54) is 33.0 Å². The fraction of sp³-hybridized carbons (Fsp3) is 0.471. The summed E-state index contributed by atoms with van der Waals surface area (Å²) in [5.41, 5.74) is 6.90. The van der Waals surface area contributed by atoms with E-state index in [0.29, 0.717) is 30.5 Å². The molecule has 0 saturated carbocycles. The Hall–Kier alpha value is -5.02. The number of nitrogens with one attached hydrogen (secondary N) is 5. The van der Waals surface area contributed by atoms with Crippen molar-refractivity contribution in [1.82, 2.24) is 31.5 Å². The van der Waals surface area contributed by atoms with Crippen molar-refractivity contribution in [3.8, 4) is 5.75 Å². The fourth-order valence-electron chi connectivity index (χ4n) is 5.25. The molecule has 0 aromatic heterocycles. The molecule has 49 heavy (non-hydrogen) atoms. The van der Waals surface area contributed by atoms with Gasteiger partial charge in [-0.2, -0.15) is 0 Å². The van der Waals surface area contributed by atoms with Crippen molar-refractivity contribution < 1.29 is 39.0 Å². The topological polar surface area (TPSA) is 232 Å². The van der Waals surface area contributed by atoms with Crippen molar-refractivity contribution in [2.75, 3.05) is 20.1 Å². The highest BCUT2D eigenvalue weighted by molar-refractivity contribution is 5.97. The quantitative estimate of drug-likeness (QED) is 0.145. The second-order valence-electron chi connectivity index (χ2n) is 12.2. The first-order chi connectivity index (χ1) is 23.3. The van der Waals surface area contributed by atoms with Crippen LogP contribution in [0.2, 0.25) is 0 Å². The third-order valence-electron chi connectivity index (χ3n) is 8.30. The largest absolute Gasteiger partial charge is 0.508 e. The average molecular weight is 682 g/mol. The van der Waals surface area contributed by atoms with E-state index in [9.17, 15) is 39.0 Å². The Balaban J connectivity index is 2.00. The van der Waals surface area contributed by atoms with Crippen LogP contribution in [0.3, 0.4) is 0 Å². The zero-order valence-corrected chi connectivity index (χ0v) is 28.0. The fourth-order valence-corrected chi connectivity index (χ4v) is 5.25. The predicted octanol–water partition coefficient (Wildman–Crippen LogP) is -1.40. The van der Waals surface area contributed by atoms with E-state index < -0.39 is 78.3 Å². The van der Waals surface area contributed by atoms with Crippen molar-refractivity contribution in [1.29, 1.82) is 0 Å². The summed E-state index contributed by atoms with van der Waals surface area (Å²) in [6.07, 6.45) is -0.241. The van der Waals surface area contributed by atoms with Crippen molar-refractivity contribution >= 4 is 35.4 Å². The van der Waals surface area contributed by atoms with Crippen LogP contribution >= 0.6 is 0 Å². The second-order valence-corrected chi connectivity index (χ2v) is 12.2. The first-order valence-electron chi connectivity index (χ1n) is 16.3. The molecule has 2 aromatic rings. The smallest absolute Gasteiger partial charge is 0.245 e. The Kier molecular flexibility index (Phi) is 14.5. The number of nitrogens with two attached hydrogens (primary N) is 1. The third-order valence-corrected chi connectivity index (χ3v) is 8.30. The molecule has 6 unspecified atom stereocenters. The summed E-state index contributed by atoms with van der Waals surface area (Å²) in [5.74, 6) is -4.33. The number of hydrogen-bond donors (Lipinski definition) is 8. The number of aliphatic hydroxyl groups excluding tert-OH is 1. The van der Waals surface area contributed by atoms with Crippen LogP contribution in [0.1, 0.15) is 44.2 Å². The normalized spacial score (nSPS) is 24.0. The van der Waals surface area contributed by atoms with Gasteiger partial charge in [-0.05, 0) is 62.9 Å². The van der Waals surface area contributed by atoms with Gasteiger partial charge in [-0.1, -0.05) is 42.5 Å². The van der Waals surface area contributed by atoms with Crippen LogP contribution < -0.4 is 32.3 Å². The third kappa shape index (κ3) is 11.6. The van der Waals surface area contributed by atoms with E-state index in [1.807, 2.05) is 0 Å². The summed E-state index contributed by atoms with van der Waals surface area (Å²) in [6, 6.07) is 8.67. The maximum Gasteiger partial charge on any atom is 0.245 e. The number of unbranched alkanes of at least 4 members (excludes halogenated alkanes) is 1. The lowest BCUT2D eigenvalue weighted by molar-refractivity contribution is -0.143. The number of amides is 6. The molecule has 15 nitrogen and oxygen atoms in total. The van der Waals surface area contributed by atoms with Gasteiger partial charge in [0.1, 0.15) is 36.0 Å². The van der Waals surface area contributed by atoms with Gasteiger partial charge in [-0.15, -0.1) is 0 Å². The van der Waals surface area contributed by atoms with Gasteiger partial charge < -0.3 is 47.4 Å². The van der Waals surface area contributed by atoms with Crippen LogP contribution in [0.25, 0.3) is 0 Å². The van der Waals surface area contributed by atoms with Crippen LogP contribution in [-0.2, 0) is 41.6 Å². The van der Waals surface area contributed by atoms with Gasteiger partial charge in [0.25, 0.3) is 0 Å². The number of nitrogens with zero attached hydrogens (tertiary/aromatic N) is 1. The Labute approximate surface area is 285 Å². The zero-order valence-electron chi connectivity index (χ0n) is 28.0. The molecule has 9 N–H and O–H groups in total. The lowest BCUT2D eigenvalue weighted by Gasteiger charge is -2.31. The monoisotopic (exact) mass is 681 g/mol. The van der Waals surface area contributed by atoms with Gasteiger partial charge in [-0.3, -0.25) is 28.8 Å². The van der Waals surface area contributed by atoms with Crippen LogP contribution in [0.5, 0.6) is 5.75 Å². The molecule has 6 amide bonds. The molecule has 0 spiro atoms. The van der Waals surface area contributed by atoms with Crippen LogP contribution in [-0.4, -0.2) is 107 Å². The SMILES string of the molecule is CC(O)C1NC(=O)C(CCCCN)NC(=O)CNC(=O)C(Cc2ccc(O)cc2)NC(=O)C(C)N(C)C(=O)C(Cc2ccccc2)NC1=O. The lowest BCUT2D eigenvalue weighted by atomic mass is 10.0. The first kappa shape index (κ1) is 38.4. The summed E-state index contributed by atoms with van der Waals surface area (Å²) in [7, 11) is 1.38. The zero-order chi connectivity index (χ0) is 36.1. The Bertz CT molecular complexity index is 1450. The molecule has 0 radical (unpaired) electrons. The number of aliphatic hydroxyl groups is 1. The molecule has 2 aromatic carbocycles. The van der Waals surface area contributed by atoms with Crippen molar-refractivity contribution in [2.24, 2.45) is 5.73 Å². The van der Waals surface area contributed by atoms with Gasteiger partial charge in [0.15, 0.2) is 0 Å². The van der Waals surface area contributed by atoms with E-state index in [0.717, 1.165) is 4.90 Å². The molecule has 0 aliphatic carbocycles. The molecule has 1 heterocycles. The van der Waals surface area contributed by atoms with Gasteiger partial charge in [0, 0.05) is 19.9 Å². The number of hydrogen-bond acceptors (Lipinski definition) is 9. The van der Waals surface area contributed by atoms with Crippen LogP contribution in [0.15, 0.2) is 54.6 Å². The maximum atomic E-state index is 13.9. The van der Waals surface area contributed by atoms with Crippen LogP contribution in [0.4, 0.5) is 0 Å². The maximum absolute atomic E-state index is 13.9. The van der Waals surface area contributed by atoms with E-state index in [4.69, 9.17) is 5.73 Å². The molecule has 1 saturated heterocycles. The van der Waals surface area contributed by atoms with E-state index >= 15 is 0 Å². The van der Waals surface area contributed by atoms with Gasteiger partial charge in [0.05, 0.1) is 12.6 Å². The van der Waals surface area contributed by atoms with E-state index in [-0.39, 0.29) is 25.0 Å². The minimum Gasteiger partial charge on any atom is -0.508 e.